The number of benzene rings is 1. The first-order valence-corrected chi connectivity index (χ1v) is 10.5. The number of nitrogens with one attached hydrogen (secondary N) is 2. The number of likely N-dealkylation sites (N-methyl/N-ethyl adjacent to an activating group) is 1. The van der Waals surface area contributed by atoms with Crippen molar-refractivity contribution < 1.29 is 18.3 Å². The zero-order valence-electron chi connectivity index (χ0n) is 14.4. The minimum Gasteiger partial charge on any atom is -0.389 e. The van der Waals surface area contributed by atoms with Gasteiger partial charge in [0.25, 0.3) is 10.2 Å². The Hall–Kier alpha value is -1.78. The van der Waals surface area contributed by atoms with Gasteiger partial charge in [-0.05, 0) is 42.5 Å². The molecule has 3 rings (SSSR count). The number of nitrogens with zero attached hydrogens (tertiary/aromatic N) is 1. The molecule has 7 nitrogen and oxygen atoms in total. The number of amides is 1. The topological polar surface area (TPSA) is 98.7 Å². The molecule has 3 atom stereocenters. The van der Waals surface area contributed by atoms with Crippen molar-refractivity contribution in [3.8, 4) is 0 Å². The number of anilines is 1. The average molecular weight is 396 g/mol. The number of thiophene rings is 1. The maximum Gasteiger partial charge on any atom is 0.280 e. The van der Waals surface area contributed by atoms with Gasteiger partial charge in [-0.15, -0.1) is 11.3 Å². The lowest BCUT2D eigenvalue weighted by atomic mass is 10.1. The summed E-state index contributed by atoms with van der Waals surface area (Å²) in [6.07, 6.45) is -0.250. The van der Waals surface area contributed by atoms with E-state index in [0.717, 1.165) is 14.7 Å². The Morgan fingerprint density at radius 3 is 2.62 bits per heavy atom. The van der Waals surface area contributed by atoms with Crippen LogP contribution >= 0.6 is 11.3 Å². The van der Waals surface area contributed by atoms with Crippen LogP contribution in [0, 0.1) is 0 Å². The Balaban J connectivity index is 1.78. The third-order valence-electron chi connectivity index (χ3n) is 4.42. The van der Waals surface area contributed by atoms with Gasteiger partial charge < -0.3 is 10.4 Å². The highest BCUT2D eigenvalue weighted by molar-refractivity contribution is 7.87. The predicted molar refractivity (Wildman–Crippen MR) is 101 cm³/mol. The molecule has 0 saturated carbocycles. The van der Waals surface area contributed by atoms with E-state index in [1.54, 1.807) is 31.2 Å². The molecule has 0 aliphatic carbocycles. The van der Waals surface area contributed by atoms with Crippen molar-refractivity contribution in [2.75, 3.05) is 12.4 Å². The first kappa shape index (κ1) is 19.0. The molecule has 1 saturated heterocycles. The Labute approximate surface area is 156 Å². The van der Waals surface area contributed by atoms with Gasteiger partial charge in [-0.1, -0.05) is 18.2 Å². The van der Waals surface area contributed by atoms with E-state index >= 15 is 0 Å². The second kappa shape index (κ2) is 7.45. The van der Waals surface area contributed by atoms with E-state index in [9.17, 15) is 18.3 Å². The zero-order valence-corrected chi connectivity index (χ0v) is 16.0. The molecule has 1 aromatic heterocycles. The van der Waals surface area contributed by atoms with E-state index in [-0.39, 0.29) is 5.91 Å². The summed E-state index contributed by atoms with van der Waals surface area (Å²) in [5, 5.41) is 14.2. The van der Waals surface area contributed by atoms with Crippen molar-refractivity contribution in [1.82, 2.24) is 9.03 Å². The average Bonchev–Trinajstić information content (AvgIpc) is 3.12. The lowest BCUT2D eigenvalue weighted by Gasteiger charge is -2.35. The Bertz CT molecular complexity index is 864. The van der Waals surface area contributed by atoms with Crippen molar-refractivity contribution in [2.24, 2.45) is 0 Å². The standard InChI is InChI=1S/C17H21N3O4S2/c1-11(21)12-5-7-13(8-6-12)18-17(22)15-10-14(16-4-3-9-25-16)19-26(23,24)20(15)2/h3-9,11,14-15,19,21H,10H2,1-2H3,(H,18,22)/t11-,14-,15+/m0/s1. The summed E-state index contributed by atoms with van der Waals surface area (Å²) >= 11 is 1.45. The van der Waals surface area contributed by atoms with Gasteiger partial charge >= 0.3 is 0 Å². The normalized spacial score (nSPS) is 24.1. The van der Waals surface area contributed by atoms with E-state index in [4.69, 9.17) is 0 Å². The van der Waals surface area contributed by atoms with Gasteiger partial charge in [-0.2, -0.15) is 17.4 Å². The molecular formula is C17H21N3O4S2. The van der Waals surface area contributed by atoms with Gasteiger partial charge in [0, 0.05) is 17.6 Å². The van der Waals surface area contributed by atoms with Crippen LogP contribution in [0.15, 0.2) is 41.8 Å². The predicted octanol–water partition coefficient (Wildman–Crippen LogP) is 2.02. The number of hydrogen-bond donors (Lipinski definition) is 3. The van der Waals surface area contributed by atoms with Crippen LogP contribution < -0.4 is 10.0 Å². The third-order valence-corrected chi connectivity index (χ3v) is 7.00. The second-order valence-electron chi connectivity index (χ2n) is 6.25. The fourth-order valence-electron chi connectivity index (χ4n) is 2.86. The number of carbonyl (C=O) groups excluding carboxylic acids is 1. The van der Waals surface area contributed by atoms with Crippen LogP contribution in [0.25, 0.3) is 0 Å². The molecule has 26 heavy (non-hydrogen) atoms. The molecule has 1 aliphatic rings. The molecule has 1 fully saturated rings. The highest BCUT2D eigenvalue weighted by atomic mass is 32.2. The fourth-order valence-corrected chi connectivity index (χ4v) is 4.99. The number of rotatable bonds is 4. The smallest absolute Gasteiger partial charge is 0.280 e. The number of carbonyl (C=O) groups is 1. The van der Waals surface area contributed by atoms with Crippen LogP contribution in [0.2, 0.25) is 0 Å². The fraction of sp³-hybridized carbons (Fsp3) is 0.353. The molecule has 1 amide bonds. The van der Waals surface area contributed by atoms with Crippen molar-refractivity contribution in [2.45, 2.75) is 31.5 Å². The Morgan fingerprint density at radius 2 is 2.04 bits per heavy atom. The third kappa shape index (κ3) is 3.97. The summed E-state index contributed by atoms with van der Waals surface area (Å²) in [6.45, 7) is 1.66. The van der Waals surface area contributed by atoms with Crippen molar-refractivity contribution in [3.63, 3.8) is 0 Å². The number of aliphatic hydroxyl groups is 1. The maximum atomic E-state index is 12.7. The number of aliphatic hydroxyl groups excluding tert-OH is 1. The summed E-state index contributed by atoms with van der Waals surface area (Å²) < 4.78 is 28.5. The monoisotopic (exact) mass is 395 g/mol. The first-order chi connectivity index (χ1) is 12.3. The molecule has 3 N–H and O–H groups in total. The van der Waals surface area contributed by atoms with Gasteiger partial charge in [0.15, 0.2) is 0 Å². The van der Waals surface area contributed by atoms with E-state index in [1.807, 2.05) is 17.5 Å². The van der Waals surface area contributed by atoms with E-state index in [2.05, 4.69) is 10.0 Å². The Kier molecular flexibility index (Phi) is 5.44. The maximum absolute atomic E-state index is 12.7. The first-order valence-electron chi connectivity index (χ1n) is 8.15. The van der Waals surface area contributed by atoms with Crippen LogP contribution in [0.3, 0.4) is 0 Å². The Morgan fingerprint density at radius 1 is 1.35 bits per heavy atom. The molecule has 2 aromatic rings. The molecule has 2 heterocycles. The lowest BCUT2D eigenvalue weighted by Crippen LogP contribution is -2.55. The quantitative estimate of drug-likeness (QED) is 0.738. The molecule has 0 radical (unpaired) electrons. The minimum atomic E-state index is -3.74. The van der Waals surface area contributed by atoms with E-state index in [0.29, 0.717) is 12.1 Å². The van der Waals surface area contributed by atoms with E-state index in [1.165, 1.54) is 18.4 Å². The van der Waals surface area contributed by atoms with Crippen molar-refractivity contribution >= 4 is 33.1 Å². The zero-order chi connectivity index (χ0) is 18.9. The van der Waals surface area contributed by atoms with Crippen molar-refractivity contribution in [3.05, 3.63) is 52.2 Å². The van der Waals surface area contributed by atoms with E-state index < -0.39 is 28.4 Å². The van der Waals surface area contributed by atoms with Crippen molar-refractivity contribution in [1.29, 1.82) is 0 Å². The van der Waals surface area contributed by atoms with Crippen LogP contribution in [0.5, 0.6) is 0 Å². The van der Waals surface area contributed by atoms with Crippen LogP contribution in [-0.2, 0) is 15.0 Å². The lowest BCUT2D eigenvalue weighted by molar-refractivity contribution is -0.120. The summed E-state index contributed by atoms with van der Waals surface area (Å²) in [4.78, 5) is 13.6. The molecule has 9 heteroatoms. The number of hydrogen-bond acceptors (Lipinski definition) is 5. The van der Waals surface area contributed by atoms with Gasteiger partial charge in [-0.3, -0.25) is 4.79 Å². The molecule has 140 valence electrons. The highest BCUT2D eigenvalue weighted by Crippen LogP contribution is 2.30. The van der Waals surface area contributed by atoms with Crippen LogP contribution in [-0.4, -0.2) is 36.8 Å². The summed E-state index contributed by atoms with van der Waals surface area (Å²) in [6, 6.07) is 9.28. The van der Waals surface area contributed by atoms with Gasteiger partial charge in [0.1, 0.15) is 6.04 Å². The molecule has 0 unspecified atom stereocenters. The molecular weight excluding hydrogens is 374 g/mol. The summed E-state index contributed by atoms with van der Waals surface area (Å²) in [5.74, 6) is -0.385. The van der Waals surface area contributed by atoms with Crippen LogP contribution in [0.4, 0.5) is 5.69 Å². The van der Waals surface area contributed by atoms with Crippen LogP contribution in [0.1, 0.15) is 35.9 Å². The minimum absolute atomic E-state index is 0.341. The van der Waals surface area contributed by atoms with Gasteiger partial charge in [-0.25, -0.2) is 0 Å². The van der Waals surface area contributed by atoms with Gasteiger partial charge in [0.2, 0.25) is 5.91 Å². The molecule has 0 bridgehead atoms. The SMILES string of the molecule is C[C@H](O)c1ccc(NC(=O)[C@H]2C[C@@H](c3cccs3)NS(=O)(=O)N2C)cc1. The summed E-state index contributed by atoms with van der Waals surface area (Å²) in [5.41, 5.74) is 1.29. The molecule has 1 aromatic carbocycles. The second-order valence-corrected chi connectivity index (χ2v) is 8.99. The largest absolute Gasteiger partial charge is 0.389 e. The summed E-state index contributed by atoms with van der Waals surface area (Å²) in [7, 11) is -2.35. The molecule has 0 spiro atoms. The highest BCUT2D eigenvalue weighted by Gasteiger charge is 2.40. The van der Waals surface area contributed by atoms with Gasteiger partial charge in [0.05, 0.1) is 12.1 Å². The molecule has 1 aliphatic heterocycles.